The quantitative estimate of drug-likeness (QED) is 0.900. The number of nitrogens with one attached hydrogen (secondary N) is 1. The summed E-state index contributed by atoms with van der Waals surface area (Å²) in [5.74, 6) is 0. The van der Waals surface area contributed by atoms with Gasteiger partial charge in [-0.05, 0) is 43.9 Å². The van der Waals surface area contributed by atoms with Crippen LogP contribution >= 0.6 is 0 Å². The van der Waals surface area contributed by atoms with Crippen LogP contribution in [0.4, 0.5) is 5.69 Å². The molecule has 19 heavy (non-hydrogen) atoms. The molecule has 104 valence electrons. The molecular weight excluding hydrogens is 236 g/mol. The summed E-state index contributed by atoms with van der Waals surface area (Å²) in [6.07, 6.45) is 4.16. The van der Waals surface area contributed by atoms with Gasteiger partial charge in [0.25, 0.3) is 0 Å². The zero-order chi connectivity index (χ0) is 13.1. The second-order valence-corrected chi connectivity index (χ2v) is 5.71. The number of benzene rings is 1. The van der Waals surface area contributed by atoms with E-state index in [9.17, 15) is 0 Å². The zero-order valence-electron chi connectivity index (χ0n) is 11.8. The van der Waals surface area contributed by atoms with E-state index in [1.165, 1.54) is 37.2 Å². The van der Waals surface area contributed by atoms with Crippen molar-refractivity contribution >= 4 is 5.69 Å². The van der Waals surface area contributed by atoms with Gasteiger partial charge in [-0.25, -0.2) is 0 Å². The molecule has 2 aliphatic heterocycles. The lowest BCUT2D eigenvalue weighted by Gasteiger charge is -2.19. The van der Waals surface area contributed by atoms with Gasteiger partial charge in [-0.15, -0.1) is 0 Å². The van der Waals surface area contributed by atoms with E-state index >= 15 is 0 Å². The van der Waals surface area contributed by atoms with Crippen LogP contribution in [0.5, 0.6) is 0 Å². The lowest BCUT2D eigenvalue weighted by molar-refractivity contribution is 0.113. The van der Waals surface area contributed by atoms with E-state index in [0.29, 0.717) is 12.1 Å². The molecule has 3 nitrogen and oxygen atoms in total. The van der Waals surface area contributed by atoms with Gasteiger partial charge in [0, 0.05) is 38.0 Å². The van der Waals surface area contributed by atoms with Crippen LogP contribution in [0, 0.1) is 0 Å². The summed E-state index contributed by atoms with van der Waals surface area (Å²) in [6, 6.07) is 9.54. The Morgan fingerprint density at radius 2 is 1.95 bits per heavy atom. The summed E-state index contributed by atoms with van der Waals surface area (Å²) in [7, 11) is 0. The third kappa shape index (κ3) is 3.10. The highest BCUT2D eigenvalue weighted by Gasteiger charge is 2.23. The molecule has 0 saturated carbocycles. The normalized spacial score (nSPS) is 27.1. The summed E-state index contributed by atoms with van der Waals surface area (Å²) in [6.45, 7) is 6.43. The molecule has 0 aliphatic carbocycles. The Labute approximate surface area is 115 Å². The maximum Gasteiger partial charge on any atom is 0.0700 e. The average Bonchev–Trinajstić information content (AvgIpc) is 3.09. The lowest BCUT2D eigenvalue weighted by Crippen LogP contribution is -2.34. The van der Waals surface area contributed by atoms with Gasteiger partial charge in [-0.3, -0.25) is 0 Å². The zero-order valence-corrected chi connectivity index (χ0v) is 11.8. The Hall–Kier alpha value is -1.06. The first kappa shape index (κ1) is 12.9. The van der Waals surface area contributed by atoms with E-state index < -0.39 is 0 Å². The molecule has 2 fully saturated rings. The minimum Gasteiger partial charge on any atom is -0.377 e. The molecule has 3 heteroatoms. The van der Waals surface area contributed by atoms with Crippen molar-refractivity contribution in [2.45, 2.75) is 44.9 Å². The second-order valence-electron chi connectivity index (χ2n) is 5.71. The van der Waals surface area contributed by atoms with Crippen LogP contribution in [0.25, 0.3) is 0 Å². The largest absolute Gasteiger partial charge is 0.377 e. The number of hydrogen-bond donors (Lipinski definition) is 1. The van der Waals surface area contributed by atoms with Crippen LogP contribution < -0.4 is 10.2 Å². The highest BCUT2D eigenvalue weighted by Crippen LogP contribution is 2.20. The molecule has 0 bridgehead atoms. The van der Waals surface area contributed by atoms with Crippen LogP contribution in [0.2, 0.25) is 0 Å². The molecule has 2 heterocycles. The standard InChI is InChI=1S/C16H24N2O/c1-13-16(8-11-19-13)17-12-14-4-6-15(7-5-14)18-9-2-3-10-18/h4-7,13,16-17H,2-3,8-12H2,1H3. The van der Waals surface area contributed by atoms with Crippen molar-refractivity contribution in [3.63, 3.8) is 0 Å². The molecule has 2 saturated heterocycles. The fraction of sp³-hybridized carbons (Fsp3) is 0.625. The predicted octanol–water partition coefficient (Wildman–Crippen LogP) is 2.55. The fourth-order valence-corrected chi connectivity index (χ4v) is 3.05. The Morgan fingerprint density at radius 3 is 2.58 bits per heavy atom. The molecule has 1 N–H and O–H groups in total. The van der Waals surface area contributed by atoms with Crippen molar-refractivity contribution in [1.29, 1.82) is 0 Å². The molecule has 2 aliphatic rings. The third-order valence-corrected chi connectivity index (χ3v) is 4.35. The minimum absolute atomic E-state index is 0.351. The van der Waals surface area contributed by atoms with Crippen LogP contribution in [-0.2, 0) is 11.3 Å². The maximum atomic E-state index is 5.57. The molecule has 2 atom stereocenters. The molecule has 3 rings (SSSR count). The minimum atomic E-state index is 0.351. The van der Waals surface area contributed by atoms with Gasteiger partial charge < -0.3 is 15.0 Å². The van der Waals surface area contributed by atoms with Crippen LogP contribution in [0.3, 0.4) is 0 Å². The number of rotatable bonds is 4. The summed E-state index contributed by atoms with van der Waals surface area (Å²) in [4.78, 5) is 2.48. The number of anilines is 1. The van der Waals surface area contributed by atoms with Crippen molar-refractivity contribution in [2.75, 3.05) is 24.6 Å². The van der Waals surface area contributed by atoms with E-state index in [4.69, 9.17) is 4.74 Å². The van der Waals surface area contributed by atoms with E-state index in [1.54, 1.807) is 0 Å². The highest BCUT2D eigenvalue weighted by atomic mass is 16.5. The van der Waals surface area contributed by atoms with E-state index in [0.717, 1.165) is 19.6 Å². The van der Waals surface area contributed by atoms with Crippen molar-refractivity contribution in [3.8, 4) is 0 Å². The topological polar surface area (TPSA) is 24.5 Å². The van der Waals surface area contributed by atoms with Crippen molar-refractivity contribution in [3.05, 3.63) is 29.8 Å². The van der Waals surface area contributed by atoms with Gasteiger partial charge in [0.1, 0.15) is 0 Å². The molecule has 0 radical (unpaired) electrons. The van der Waals surface area contributed by atoms with Gasteiger partial charge in [0.05, 0.1) is 6.10 Å². The molecule has 2 unspecified atom stereocenters. The van der Waals surface area contributed by atoms with Gasteiger partial charge in [-0.2, -0.15) is 0 Å². The summed E-state index contributed by atoms with van der Waals surface area (Å²) < 4.78 is 5.57. The number of nitrogens with zero attached hydrogens (tertiary/aromatic N) is 1. The van der Waals surface area contributed by atoms with Crippen molar-refractivity contribution in [1.82, 2.24) is 5.32 Å². The molecule has 0 spiro atoms. The first-order chi connectivity index (χ1) is 9.33. The highest BCUT2D eigenvalue weighted by molar-refractivity contribution is 5.48. The van der Waals surface area contributed by atoms with Crippen LogP contribution in [0.15, 0.2) is 24.3 Å². The van der Waals surface area contributed by atoms with Crippen molar-refractivity contribution < 1.29 is 4.74 Å². The van der Waals surface area contributed by atoms with Crippen LogP contribution in [-0.4, -0.2) is 31.8 Å². The van der Waals surface area contributed by atoms with Gasteiger partial charge in [0.2, 0.25) is 0 Å². The molecule has 0 amide bonds. The van der Waals surface area contributed by atoms with Gasteiger partial charge >= 0.3 is 0 Å². The SMILES string of the molecule is CC1OCCC1NCc1ccc(N2CCCC2)cc1. The van der Waals surface area contributed by atoms with Crippen LogP contribution in [0.1, 0.15) is 31.7 Å². The number of ether oxygens (including phenoxy) is 1. The smallest absolute Gasteiger partial charge is 0.0700 e. The molecule has 1 aromatic rings. The maximum absolute atomic E-state index is 5.57. The Bertz CT molecular complexity index is 398. The first-order valence-electron chi connectivity index (χ1n) is 7.52. The fourth-order valence-electron chi connectivity index (χ4n) is 3.05. The van der Waals surface area contributed by atoms with E-state index in [2.05, 4.69) is 41.4 Å². The Kier molecular flexibility index (Phi) is 4.04. The van der Waals surface area contributed by atoms with Gasteiger partial charge in [0.15, 0.2) is 0 Å². The summed E-state index contributed by atoms with van der Waals surface area (Å²) in [5.41, 5.74) is 2.74. The van der Waals surface area contributed by atoms with Crippen molar-refractivity contribution in [2.24, 2.45) is 0 Å². The molecular formula is C16H24N2O. The number of hydrogen-bond acceptors (Lipinski definition) is 3. The Morgan fingerprint density at radius 1 is 1.21 bits per heavy atom. The average molecular weight is 260 g/mol. The van der Waals surface area contributed by atoms with E-state index in [-0.39, 0.29) is 0 Å². The summed E-state index contributed by atoms with van der Waals surface area (Å²) in [5, 5.41) is 3.60. The molecule has 1 aromatic carbocycles. The summed E-state index contributed by atoms with van der Waals surface area (Å²) >= 11 is 0. The molecule has 0 aromatic heterocycles. The third-order valence-electron chi connectivity index (χ3n) is 4.35. The first-order valence-corrected chi connectivity index (χ1v) is 7.52. The predicted molar refractivity (Wildman–Crippen MR) is 78.5 cm³/mol. The Balaban J connectivity index is 1.53. The van der Waals surface area contributed by atoms with E-state index in [1.807, 2.05) is 0 Å². The monoisotopic (exact) mass is 260 g/mol. The van der Waals surface area contributed by atoms with Gasteiger partial charge in [-0.1, -0.05) is 12.1 Å². The lowest BCUT2D eigenvalue weighted by atomic mass is 10.1. The second kappa shape index (κ2) is 5.93.